The fourth-order valence-corrected chi connectivity index (χ4v) is 6.46. The van der Waals surface area contributed by atoms with E-state index >= 15 is 0 Å². The first-order valence-corrected chi connectivity index (χ1v) is 14.4. The number of aromatic nitrogens is 4. The van der Waals surface area contributed by atoms with Crippen molar-refractivity contribution in [3.05, 3.63) is 73.2 Å². The number of anilines is 3. The third-order valence-corrected chi connectivity index (χ3v) is 8.75. The molecular weight excluding hydrogens is 530 g/mol. The summed E-state index contributed by atoms with van der Waals surface area (Å²) in [4.78, 5) is 13.4. The molecule has 0 bridgehead atoms. The lowest BCUT2D eigenvalue weighted by molar-refractivity contribution is 0.189. The number of nitrogens with one attached hydrogen (secondary N) is 1. The highest BCUT2D eigenvalue weighted by atomic mass is 32.2. The minimum Gasteiger partial charge on any atom is -0.494 e. The highest BCUT2D eigenvalue weighted by Gasteiger charge is 2.24. The third kappa shape index (κ3) is 4.81. The van der Waals surface area contributed by atoms with Crippen LogP contribution < -0.4 is 15.0 Å². The number of benzene rings is 2. The fraction of sp³-hybridized carbons (Fsp3) is 0.250. The minimum atomic E-state index is -4.04. The molecule has 2 aromatic carbocycles. The Morgan fingerprint density at radius 1 is 0.975 bits per heavy atom. The van der Waals surface area contributed by atoms with Crippen LogP contribution in [0.4, 0.5) is 17.2 Å². The zero-order valence-corrected chi connectivity index (χ0v) is 22.8. The molecule has 5 aromatic rings. The number of ether oxygens (including phenoxy) is 1. The number of β-amino-alcohol motifs (C(OH)–C–C–N with tert-alkyl or cyclic N) is 1. The van der Waals surface area contributed by atoms with Crippen molar-refractivity contribution in [1.82, 2.24) is 24.1 Å². The Balaban J connectivity index is 1.29. The minimum absolute atomic E-state index is 0.0800. The van der Waals surface area contributed by atoms with Crippen LogP contribution in [0.5, 0.6) is 5.75 Å². The van der Waals surface area contributed by atoms with Gasteiger partial charge in [0.05, 0.1) is 36.6 Å². The Bertz CT molecular complexity index is 1780. The molecule has 2 N–H and O–H groups in total. The number of pyridine rings is 2. The van der Waals surface area contributed by atoms with E-state index in [1.807, 2.05) is 30.3 Å². The van der Waals surface area contributed by atoms with E-state index < -0.39 is 10.0 Å². The zero-order valence-electron chi connectivity index (χ0n) is 21.9. The number of aliphatic hydroxyl groups excluding tert-OH is 1. The lowest BCUT2D eigenvalue weighted by Crippen LogP contribution is -2.47. The molecule has 11 nitrogen and oxygen atoms in total. The van der Waals surface area contributed by atoms with Gasteiger partial charge in [-0.25, -0.2) is 4.98 Å². The number of nitrogens with zero attached hydrogens (tertiary/aromatic N) is 6. The van der Waals surface area contributed by atoms with Gasteiger partial charge in [0.15, 0.2) is 0 Å². The molecule has 0 unspecified atom stereocenters. The Morgan fingerprint density at radius 3 is 2.60 bits per heavy atom. The van der Waals surface area contributed by atoms with Crippen molar-refractivity contribution in [3.8, 4) is 5.75 Å². The van der Waals surface area contributed by atoms with Gasteiger partial charge in [-0.1, -0.05) is 18.2 Å². The molecule has 4 heterocycles. The van der Waals surface area contributed by atoms with Crippen LogP contribution in [-0.4, -0.2) is 84.0 Å². The van der Waals surface area contributed by atoms with E-state index in [-0.39, 0.29) is 11.5 Å². The second-order valence-electron chi connectivity index (χ2n) is 9.51. The molecule has 1 aliphatic heterocycles. The molecule has 0 spiro atoms. The molecule has 6 rings (SSSR count). The van der Waals surface area contributed by atoms with E-state index in [0.717, 1.165) is 41.3 Å². The van der Waals surface area contributed by atoms with Crippen LogP contribution in [0.3, 0.4) is 0 Å². The summed E-state index contributed by atoms with van der Waals surface area (Å²) in [5, 5.41) is 18.0. The van der Waals surface area contributed by atoms with Crippen molar-refractivity contribution in [2.45, 2.75) is 4.90 Å². The lowest BCUT2D eigenvalue weighted by atomic mass is 10.2. The maximum atomic E-state index is 13.7. The maximum Gasteiger partial charge on any atom is 0.285 e. The number of hydrogen-bond donors (Lipinski definition) is 2. The predicted molar refractivity (Wildman–Crippen MR) is 154 cm³/mol. The van der Waals surface area contributed by atoms with Crippen molar-refractivity contribution in [2.75, 3.05) is 56.7 Å². The van der Waals surface area contributed by atoms with Gasteiger partial charge in [0.1, 0.15) is 16.5 Å². The number of aliphatic hydroxyl groups is 1. The number of piperazine rings is 1. The van der Waals surface area contributed by atoms with Crippen LogP contribution in [0.2, 0.25) is 0 Å². The van der Waals surface area contributed by atoms with Gasteiger partial charge in [-0.15, -0.1) is 0 Å². The first-order valence-electron chi connectivity index (χ1n) is 12.9. The summed E-state index contributed by atoms with van der Waals surface area (Å²) in [5.74, 6) is 1.09. The van der Waals surface area contributed by atoms with E-state index in [9.17, 15) is 13.5 Å². The Morgan fingerprint density at radius 2 is 1.80 bits per heavy atom. The molecule has 40 heavy (non-hydrogen) atoms. The molecule has 1 fully saturated rings. The van der Waals surface area contributed by atoms with Gasteiger partial charge in [-0.3, -0.25) is 9.88 Å². The van der Waals surface area contributed by atoms with Crippen molar-refractivity contribution in [1.29, 1.82) is 0 Å². The average Bonchev–Trinajstić information content (AvgIpc) is 3.42. The van der Waals surface area contributed by atoms with Crippen LogP contribution in [-0.2, 0) is 10.0 Å². The van der Waals surface area contributed by atoms with Crippen molar-refractivity contribution in [2.24, 2.45) is 0 Å². The van der Waals surface area contributed by atoms with Crippen LogP contribution in [0.15, 0.2) is 78.1 Å². The normalized spacial score (nSPS) is 14.6. The smallest absolute Gasteiger partial charge is 0.285 e. The maximum absolute atomic E-state index is 13.7. The number of para-hydroxylation sites is 1. The first kappa shape index (κ1) is 26.0. The SMILES string of the molecule is COc1cc(N2CCN(CCO)CC2)ccc1Nc1cc2c(cn1)cnn2S(=O)(=O)c1cccc2cccnc12. The molecule has 0 amide bonds. The summed E-state index contributed by atoms with van der Waals surface area (Å²) in [7, 11) is -2.43. The summed E-state index contributed by atoms with van der Waals surface area (Å²) in [6.07, 6.45) is 4.65. The number of methoxy groups -OCH3 is 1. The summed E-state index contributed by atoms with van der Waals surface area (Å²) >= 11 is 0. The second kappa shape index (κ2) is 10.7. The van der Waals surface area contributed by atoms with Crippen molar-refractivity contribution in [3.63, 3.8) is 0 Å². The van der Waals surface area contributed by atoms with E-state index in [0.29, 0.717) is 40.2 Å². The first-order chi connectivity index (χ1) is 19.5. The molecule has 0 atom stereocenters. The highest BCUT2D eigenvalue weighted by Crippen LogP contribution is 2.33. The Labute approximate surface area is 231 Å². The summed E-state index contributed by atoms with van der Waals surface area (Å²) in [5.41, 5.74) is 2.52. The van der Waals surface area contributed by atoms with Crippen molar-refractivity contribution < 1.29 is 18.3 Å². The molecule has 0 saturated carbocycles. The van der Waals surface area contributed by atoms with E-state index in [1.165, 1.54) is 12.3 Å². The summed E-state index contributed by atoms with van der Waals surface area (Å²) in [6, 6.07) is 16.2. The Hall–Kier alpha value is -4.26. The largest absolute Gasteiger partial charge is 0.494 e. The van der Waals surface area contributed by atoms with Gasteiger partial charge in [0.2, 0.25) is 0 Å². The second-order valence-corrected chi connectivity index (χ2v) is 11.2. The van der Waals surface area contributed by atoms with E-state index in [2.05, 4.69) is 30.2 Å². The van der Waals surface area contributed by atoms with Gasteiger partial charge in [0, 0.05) is 73.7 Å². The van der Waals surface area contributed by atoms with Gasteiger partial charge in [-0.05, 0) is 24.3 Å². The quantitative estimate of drug-likeness (QED) is 0.293. The molecule has 206 valence electrons. The molecule has 0 radical (unpaired) electrons. The standard InChI is InChI=1S/C28H29N7O4S/c1-39-25-16-22(34-12-10-33(11-13-34)14-15-36)7-8-23(25)32-27-17-24-21(18-30-27)19-31-35(24)40(37,38)26-6-2-4-20-5-3-9-29-28(20)26/h2-9,16-19,36H,10-15H2,1H3,(H,30,32). The molecular formula is C28H29N7O4S. The third-order valence-electron chi connectivity index (χ3n) is 7.12. The molecule has 1 aliphatic rings. The lowest BCUT2D eigenvalue weighted by Gasteiger charge is -2.36. The van der Waals surface area contributed by atoms with Gasteiger partial charge < -0.3 is 20.1 Å². The Kier molecular flexibility index (Phi) is 6.96. The number of fused-ring (bicyclic) bond motifs is 2. The van der Waals surface area contributed by atoms with Gasteiger partial charge in [-0.2, -0.15) is 17.6 Å². The number of hydrogen-bond acceptors (Lipinski definition) is 10. The number of rotatable bonds is 8. The van der Waals surface area contributed by atoms with Crippen LogP contribution in [0.1, 0.15) is 0 Å². The zero-order chi connectivity index (χ0) is 27.7. The summed E-state index contributed by atoms with van der Waals surface area (Å²) in [6.45, 7) is 4.35. The molecule has 3 aromatic heterocycles. The van der Waals surface area contributed by atoms with Crippen LogP contribution in [0, 0.1) is 0 Å². The highest BCUT2D eigenvalue weighted by molar-refractivity contribution is 7.90. The molecule has 0 aliphatic carbocycles. The predicted octanol–water partition coefficient (Wildman–Crippen LogP) is 3.08. The fourth-order valence-electron chi connectivity index (χ4n) is 5.02. The molecule has 1 saturated heterocycles. The average molecular weight is 560 g/mol. The molecule has 12 heteroatoms. The monoisotopic (exact) mass is 559 g/mol. The van der Waals surface area contributed by atoms with Crippen LogP contribution >= 0.6 is 0 Å². The van der Waals surface area contributed by atoms with E-state index in [4.69, 9.17) is 4.74 Å². The van der Waals surface area contributed by atoms with Crippen molar-refractivity contribution >= 4 is 49.0 Å². The van der Waals surface area contributed by atoms with Crippen LogP contribution in [0.25, 0.3) is 21.8 Å². The van der Waals surface area contributed by atoms with Gasteiger partial charge in [0.25, 0.3) is 10.0 Å². The van der Waals surface area contributed by atoms with Gasteiger partial charge >= 0.3 is 0 Å². The van der Waals surface area contributed by atoms with E-state index in [1.54, 1.807) is 37.7 Å². The summed E-state index contributed by atoms with van der Waals surface area (Å²) < 4.78 is 34.1. The topological polar surface area (TPSA) is 126 Å².